The molecule has 0 aliphatic carbocycles. The number of aromatic nitrogens is 2. The van der Waals surface area contributed by atoms with Gasteiger partial charge in [0, 0.05) is 25.5 Å². The minimum Gasteiger partial charge on any atom is -0.379 e. The normalized spacial score (nSPS) is 19.7. The summed E-state index contributed by atoms with van der Waals surface area (Å²) in [5.41, 5.74) is 0. The Morgan fingerprint density at radius 3 is 2.92 bits per heavy atom. The van der Waals surface area contributed by atoms with Crippen molar-refractivity contribution in [1.29, 1.82) is 0 Å². The van der Waals surface area contributed by atoms with E-state index in [1.165, 1.54) is 0 Å². The molecule has 1 aromatic heterocycles. The molecule has 0 bridgehead atoms. The van der Waals surface area contributed by atoms with Gasteiger partial charge in [0.05, 0.1) is 19.9 Å². The quantitative estimate of drug-likeness (QED) is 0.618. The molecular formula is C8H12N3O. The van der Waals surface area contributed by atoms with Gasteiger partial charge in [-0.25, -0.2) is 4.98 Å². The molecule has 12 heavy (non-hydrogen) atoms. The Hall–Kier alpha value is -0.870. The number of hydrogen-bond acceptors (Lipinski definition) is 3. The summed E-state index contributed by atoms with van der Waals surface area (Å²) >= 11 is 0. The zero-order valence-electron chi connectivity index (χ0n) is 6.94. The Balaban J connectivity index is 1.86. The van der Waals surface area contributed by atoms with Gasteiger partial charge in [0.1, 0.15) is 0 Å². The zero-order valence-corrected chi connectivity index (χ0v) is 6.94. The van der Waals surface area contributed by atoms with Crippen molar-refractivity contribution in [2.45, 2.75) is 6.67 Å². The van der Waals surface area contributed by atoms with Crippen LogP contribution in [0.5, 0.6) is 0 Å². The number of ether oxygens (including phenoxy) is 1. The Morgan fingerprint density at radius 2 is 2.25 bits per heavy atom. The average molecular weight is 166 g/mol. The number of rotatable bonds is 2. The van der Waals surface area contributed by atoms with Gasteiger partial charge in [-0.15, -0.1) is 0 Å². The smallest absolute Gasteiger partial charge is 0.177 e. The summed E-state index contributed by atoms with van der Waals surface area (Å²) in [6.45, 7) is 4.57. The molecule has 1 radical (unpaired) electrons. The molecule has 2 heterocycles. The molecule has 0 amide bonds. The van der Waals surface area contributed by atoms with E-state index in [4.69, 9.17) is 4.74 Å². The fourth-order valence-electron chi connectivity index (χ4n) is 1.29. The van der Waals surface area contributed by atoms with E-state index < -0.39 is 0 Å². The topological polar surface area (TPSA) is 30.3 Å². The van der Waals surface area contributed by atoms with Gasteiger partial charge in [-0.2, -0.15) is 0 Å². The van der Waals surface area contributed by atoms with Gasteiger partial charge in [0.25, 0.3) is 0 Å². The van der Waals surface area contributed by atoms with E-state index in [0.717, 1.165) is 33.0 Å². The van der Waals surface area contributed by atoms with Crippen LogP contribution in [0.3, 0.4) is 0 Å². The van der Waals surface area contributed by atoms with Gasteiger partial charge in [-0.1, -0.05) is 0 Å². The summed E-state index contributed by atoms with van der Waals surface area (Å²) in [4.78, 5) is 6.19. The van der Waals surface area contributed by atoms with Crippen molar-refractivity contribution in [2.75, 3.05) is 26.3 Å². The highest BCUT2D eigenvalue weighted by atomic mass is 16.5. The first kappa shape index (κ1) is 7.76. The Kier molecular flexibility index (Phi) is 2.39. The van der Waals surface area contributed by atoms with Crippen LogP contribution < -0.4 is 0 Å². The second-order valence-corrected chi connectivity index (χ2v) is 2.87. The molecule has 1 aromatic rings. The molecule has 1 aliphatic rings. The average Bonchev–Trinajstić information content (AvgIpc) is 2.59. The Morgan fingerprint density at radius 1 is 1.42 bits per heavy atom. The van der Waals surface area contributed by atoms with Crippen molar-refractivity contribution in [2.24, 2.45) is 0 Å². The van der Waals surface area contributed by atoms with E-state index in [0.29, 0.717) is 0 Å². The summed E-state index contributed by atoms with van der Waals surface area (Å²) in [5, 5.41) is 0. The Labute approximate surface area is 71.8 Å². The summed E-state index contributed by atoms with van der Waals surface area (Å²) in [6, 6.07) is 0. The fraction of sp³-hybridized carbons (Fsp3) is 0.625. The lowest BCUT2D eigenvalue weighted by atomic mass is 10.4. The Bertz CT molecular complexity index is 216. The first-order valence-corrected chi connectivity index (χ1v) is 4.14. The van der Waals surface area contributed by atoms with Crippen molar-refractivity contribution < 1.29 is 4.74 Å². The van der Waals surface area contributed by atoms with Crippen molar-refractivity contribution in [1.82, 2.24) is 14.5 Å². The van der Waals surface area contributed by atoms with E-state index in [2.05, 4.69) is 16.2 Å². The van der Waals surface area contributed by atoms with Crippen LogP contribution in [0.25, 0.3) is 0 Å². The maximum atomic E-state index is 5.24. The van der Waals surface area contributed by atoms with Gasteiger partial charge in [0.2, 0.25) is 0 Å². The van der Waals surface area contributed by atoms with Crippen LogP contribution in [0.2, 0.25) is 0 Å². The summed E-state index contributed by atoms with van der Waals surface area (Å²) in [6.07, 6.45) is 6.55. The molecule has 4 heteroatoms. The molecular weight excluding hydrogens is 154 g/mol. The van der Waals surface area contributed by atoms with Crippen LogP contribution in [0.15, 0.2) is 12.4 Å². The van der Waals surface area contributed by atoms with E-state index in [-0.39, 0.29) is 0 Å². The van der Waals surface area contributed by atoms with Crippen LogP contribution in [0.1, 0.15) is 0 Å². The van der Waals surface area contributed by atoms with Crippen molar-refractivity contribution in [3.05, 3.63) is 18.7 Å². The first-order chi connectivity index (χ1) is 5.95. The third kappa shape index (κ3) is 1.84. The molecule has 1 saturated heterocycles. The van der Waals surface area contributed by atoms with Crippen molar-refractivity contribution in [3.63, 3.8) is 0 Å². The SMILES string of the molecule is [c]1nccn1CN1CCOCC1. The number of morpholine rings is 1. The highest BCUT2D eigenvalue weighted by Gasteiger charge is 2.09. The molecule has 0 saturated carbocycles. The fourth-order valence-corrected chi connectivity index (χ4v) is 1.29. The largest absolute Gasteiger partial charge is 0.379 e. The monoisotopic (exact) mass is 166 g/mol. The van der Waals surface area contributed by atoms with Crippen molar-refractivity contribution >= 4 is 0 Å². The van der Waals surface area contributed by atoms with Gasteiger partial charge < -0.3 is 9.30 Å². The van der Waals surface area contributed by atoms with Crippen LogP contribution >= 0.6 is 0 Å². The van der Waals surface area contributed by atoms with E-state index in [9.17, 15) is 0 Å². The van der Waals surface area contributed by atoms with Crippen molar-refractivity contribution in [3.8, 4) is 0 Å². The third-order valence-electron chi connectivity index (χ3n) is 1.96. The minimum atomic E-state index is 0.842. The van der Waals surface area contributed by atoms with Crippen LogP contribution in [0, 0.1) is 6.33 Å². The summed E-state index contributed by atoms with van der Waals surface area (Å²) in [5.74, 6) is 0. The third-order valence-corrected chi connectivity index (χ3v) is 1.96. The van der Waals surface area contributed by atoms with Gasteiger partial charge in [0.15, 0.2) is 6.33 Å². The van der Waals surface area contributed by atoms with Gasteiger partial charge in [-0.05, 0) is 0 Å². The molecule has 0 aromatic carbocycles. The standard InChI is InChI=1S/C8H12N3O/c1-2-11(7-9-1)8-10-3-5-12-6-4-10/h1-2H,3-6,8H2. The lowest BCUT2D eigenvalue weighted by molar-refractivity contribution is 0.0233. The number of hydrogen-bond donors (Lipinski definition) is 0. The number of nitrogens with zero attached hydrogens (tertiary/aromatic N) is 3. The molecule has 1 fully saturated rings. The summed E-state index contributed by atoms with van der Waals surface area (Å²) < 4.78 is 7.19. The lowest BCUT2D eigenvalue weighted by Crippen LogP contribution is -2.37. The summed E-state index contributed by atoms with van der Waals surface area (Å²) in [7, 11) is 0. The predicted octanol–water partition coefficient (Wildman–Crippen LogP) is -0.0270. The molecule has 4 nitrogen and oxygen atoms in total. The second kappa shape index (κ2) is 3.69. The first-order valence-electron chi connectivity index (χ1n) is 4.14. The molecule has 1 aliphatic heterocycles. The molecule has 0 N–H and O–H groups in total. The maximum Gasteiger partial charge on any atom is 0.177 e. The van der Waals surface area contributed by atoms with E-state index in [1.807, 2.05) is 10.8 Å². The zero-order chi connectivity index (χ0) is 8.23. The molecule has 0 spiro atoms. The maximum absolute atomic E-state index is 5.24. The van der Waals surface area contributed by atoms with Crippen LogP contribution in [0.4, 0.5) is 0 Å². The molecule has 65 valence electrons. The molecule has 0 atom stereocenters. The minimum absolute atomic E-state index is 0.842. The van der Waals surface area contributed by atoms with E-state index >= 15 is 0 Å². The second-order valence-electron chi connectivity index (χ2n) is 2.87. The predicted molar refractivity (Wildman–Crippen MR) is 43.5 cm³/mol. The van der Waals surface area contributed by atoms with Crippen LogP contribution in [-0.2, 0) is 11.4 Å². The van der Waals surface area contributed by atoms with Crippen LogP contribution in [-0.4, -0.2) is 40.8 Å². The van der Waals surface area contributed by atoms with Gasteiger partial charge >= 0.3 is 0 Å². The molecule has 2 rings (SSSR count). The highest BCUT2D eigenvalue weighted by molar-refractivity contribution is 4.73. The lowest BCUT2D eigenvalue weighted by Gasteiger charge is -2.26. The molecule has 0 unspecified atom stereocenters. The highest BCUT2D eigenvalue weighted by Crippen LogP contribution is 1.98. The number of imidazole rings is 1. The van der Waals surface area contributed by atoms with Gasteiger partial charge in [-0.3, -0.25) is 4.90 Å². The van der Waals surface area contributed by atoms with E-state index in [1.54, 1.807) is 6.20 Å².